The molecule has 0 aromatic heterocycles. The van der Waals surface area contributed by atoms with Gasteiger partial charge in [0.25, 0.3) is 0 Å². The summed E-state index contributed by atoms with van der Waals surface area (Å²) in [5.74, 6) is 5.01. The van der Waals surface area contributed by atoms with Crippen molar-refractivity contribution in [2.45, 2.75) is 194 Å². The van der Waals surface area contributed by atoms with Crippen LogP contribution in [-0.4, -0.2) is 69.0 Å². The molecule has 9 nitrogen and oxygen atoms in total. The second-order valence-corrected chi connectivity index (χ2v) is 23.0. The molecule has 332 valence electrons. The van der Waals surface area contributed by atoms with E-state index in [1.165, 1.54) is 51.4 Å². The van der Waals surface area contributed by atoms with Gasteiger partial charge in [-0.2, -0.15) is 0 Å². The fourth-order valence-corrected chi connectivity index (χ4v) is 17.7. The predicted octanol–water partition coefficient (Wildman–Crippen LogP) is 9.54. The van der Waals surface area contributed by atoms with Crippen molar-refractivity contribution in [1.82, 2.24) is 0 Å². The number of aliphatic carboxylic acids is 2. The van der Waals surface area contributed by atoms with Gasteiger partial charge in [0.1, 0.15) is 0 Å². The van der Waals surface area contributed by atoms with E-state index in [9.17, 15) is 24.9 Å². The molecule has 0 heterocycles. The number of carboxylic acid groups (broad SMARTS) is 2. The van der Waals surface area contributed by atoms with E-state index < -0.39 is 11.9 Å². The standard InChI is InChI=1S/C25H42O5.C24H40O4/c1-15(5-8-22(27)28)18-6-7-19-23-20(10-12-25(18,19)3)24(2)11-9-17(26)13-16(24)14-21(23)30-29-4;1-14(4-7-21(27)28)17-5-6-18-22-19(9-11-24(17,18)3)23(2)10-8-16(25)12-15(23)13-20(22)26/h15-21,23,26H,5-14H2,1-4H3,(H,27,28);14-20,22,25-26H,4-13H2,1-3H3,(H,27,28)/t15-,16+,17-,18-,19+,20+,21?,23+,24+,25-;14-,15+,16-,17-,18+,19+,20?,22+,23+,24-/m11/s1. The number of rotatable bonds is 10. The molecule has 2 unspecified atom stereocenters. The van der Waals surface area contributed by atoms with Crippen LogP contribution in [0.3, 0.4) is 0 Å². The van der Waals surface area contributed by atoms with Crippen molar-refractivity contribution in [3.63, 3.8) is 0 Å². The molecule has 0 saturated heterocycles. The van der Waals surface area contributed by atoms with Crippen molar-refractivity contribution >= 4 is 11.9 Å². The van der Waals surface area contributed by atoms with Gasteiger partial charge in [-0.15, -0.1) is 0 Å². The summed E-state index contributed by atoms with van der Waals surface area (Å²) in [5, 5.41) is 50.0. The molecule has 0 aromatic carbocycles. The lowest BCUT2D eigenvalue weighted by atomic mass is 9.43. The van der Waals surface area contributed by atoms with E-state index in [1.807, 2.05) is 0 Å². The summed E-state index contributed by atoms with van der Waals surface area (Å²) in [6.07, 6.45) is 19.1. The molecule has 8 fully saturated rings. The number of aliphatic hydroxyl groups excluding tert-OH is 3. The third-order valence-electron chi connectivity index (χ3n) is 20.7. The summed E-state index contributed by atoms with van der Waals surface area (Å²) in [7, 11) is 1.63. The van der Waals surface area contributed by atoms with Crippen LogP contribution < -0.4 is 0 Å². The Morgan fingerprint density at radius 3 is 1.45 bits per heavy atom. The summed E-state index contributed by atoms with van der Waals surface area (Å²) in [6, 6.07) is 0. The SMILES string of the molecule is COOC1C[C@@H]2C[C@H](O)CC[C@]2(C)[C@H]2CC[C@]3(C)[C@@H]([C@H](C)CCC(=O)O)CC[C@H]3[C@H]12.C[C@H](CCC(=O)O)[C@H]1CC[C@H]2[C@@H]3C(O)C[C@@H]4C[C@H](O)CC[C@]4(C)[C@H]3CC[C@]12C. The number of aliphatic hydroxyl groups is 3. The summed E-state index contributed by atoms with van der Waals surface area (Å²) < 4.78 is 0. The molecule has 8 aliphatic rings. The van der Waals surface area contributed by atoms with Crippen LogP contribution in [0.1, 0.15) is 170 Å². The number of carboxylic acids is 2. The van der Waals surface area contributed by atoms with Crippen LogP contribution in [-0.2, 0) is 19.4 Å². The molecule has 8 aliphatic carbocycles. The normalized spacial score (nSPS) is 50.3. The Balaban J connectivity index is 0.000000177. The predicted molar refractivity (Wildman–Crippen MR) is 223 cm³/mol. The highest BCUT2D eigenvalue weighted by molar-refractivity contribution is 5.66. The second kappa shape index (κ2) is 17.1. The highest BCUT2D eigenvalue weighted by atomic mass is 17.2. The van der Waals surface area contributed by atoms with Gasteiger partial charge in [-0.25, -0.2) is 9.78 Å². The van der Waals surface area contributed by atoms with Crippen LogP contribution in [0.2, 0.25) is 0 Å². The minimum Gasteiger partial charge on any atom is -0.481 e. The zero-order chi connectivity index (χ0) is 41.9. The second-order valence-electron chi connectivity index (χ2n) is 23.0. The average molecular weight is 815 g/mol. The minimum absolute atomic E-state index is 0.112. The number of hydrogen-bond acceptors (Lipinski definition) is 7. The molecule has 0 radical (unpaired) electrons. The van der Waals surface area contributed by atoms with Crippen molar-refractivity contribution in [2.24, 2.45) is 92.7 Å². The molecular weight excluding hydrogens is 733 g/mol. The molecule has 9 heteroatoms. The Kier molecular flexibility index (Phi) is 13.2. The summed E-state index contributed by atoms with van der Waals surface area (Å²) >= 11 is 0. The minimum atomic E-state index is -0.684. The van der Waals surface area contributed by atoms with E-state index in [1.54, 1.807) is 7.11 Å². The first kappa shape index (κ1) is 44.8. The van der Waals surface area contributed by atoms with Gasteiger partial charge < -0.3 is 25.5 Å². The van der Waals surface area contributed by atoms with Gasteiger partial charge in [0, 0.05) is 12.8 Å². The fourth-order valence-electron chi connectivity index (χ4n) is 17.7. The third-order valence-corrected chi connectivity index (χ3v) is 20.7. The Hall–Kier alpha value is -1.26. The van der Waals surface area contributed by atoms with Gasteiger partial charge in [0.05, 0.1) is 31.5 Å². The Labute approximate surface area is 350 Å². The summed E-state index contributed by atoms with van der Waals surface area (Å²) in [5.41, 5.74) is 1.09. The highest BCUT2D eigenvalue weighted by Gasteiger charge is 2.65. The molecule has 5 N–H and O–H groups in total. The van der Waals surface area contributed by atoms with Gasteiger partial charge in [-0.1, -0.05) is 41.5 Å². The lowest BCUT2D eigenvalue weighted by Crippen LogP contribution is -2.59. The maximum Gasteiger partial charge on any atom is 0.303 e. The molecule has 8 rings (SSSR count). The van der Waals surface area contributed by atoms with E-state index in [2.05, 4.69) is 41.5 Å². The molecule has 58 heavy (non-hydrogen) atoms. The van der Waals surface area contributed by atoms with Gasteiger partial charge >= 0.3 is 11.9 Å². The van der Waals surface area contributed by atoms with Crippen LogP contribution in [0.25, 0.3) is 0 Å². The number of fused-ring (bicyclic) bond motifs is 10. The van der Waals surface area contributed by atoms with Crippen molar-refractivity contribution in [3.8, 4) is 0 Å². The van der Waals surface area contributed by atoms with Crippen LogP contribution >= 0.6 is 0 Å². The van der Waals surface area contributed by atoms with Crippen LogP contribution in [0, 0.1) is 92.7 Å². The fraction of sp³-hybridized carbons (Fsp3) is 0.959. The lowest BCUT2D eigenvalue weighted by Gasteiger charge is -2.62. The lowest BCUT2D eigenvalue weighted by molar-refractivity contribution is -0.345. The van der Waals surface area contributed by atoms with E-state index >= 15 is 0 Å². The summed E-state index contributed by atoms with van der Waals surface area (Å²) in [4.78, 5) is 33.4. The smallest absolute Gasteiger partial charge is 0.303 e. The first-order chi connectivity index (χ1) is 27.4. The first-order valence-electron chi connectivity index (χ1n) is 24.0. The van der Waals surface area contributed by atoms with Crippen molar-refractivity contribution in [1.29, 1.82) is 0 Å². The van der Waals surface area contributed by atoms with E-state index in [0.717, 1.165) is 64.2 Å². The molecular formula is C49H82O9. The molecule has 0 spiro atoms. The Bertz CT molecular complexity index is 1450. The van der Waals surface area contributed by atoms with E-state index in [-0.39, 0.29) is 53.5 Å². The topological polar surface area (TPSA) is 154 Å². The largest absolute Gasteiger partial charge is 0.481 e. The molecule has 0 bridgehead atoms. The first-order valence-corrected chi connectivity index (χ1v) is 24.0. The van der Waals surface area contributed by atoms with Crippen molar-refractivity contribution in [3.05, 3.63) is 0 Å². The molecule has 0 amide bonds. The van der Waals surface area contributed by atoms with Crippen molar-refractivity contribution < 1.29 is 44.9 Å². The van der Waals surface area contributed by atoms with Crippen LogP contribution in [0.4, 0.5) is 0 Å². The van der Waals surface area contributed by atoms with Crippen LogP contribution in [0.5, 0.6) is 0 Å². The van der Waals surface area contributed by atoms with E-state index in [0.29, 0.717) is 76.4 Å². The quantitative estimate of drug-likeness (QED) is 0.107. The zero-order valence-corrected chi connectivity index (χ0v) is 37.2. The maximum atomic E-state index is 11.2. The zero-order valence-electron chi connectivity index (χ0n) is 37.2. The van der Waals surface area contributed by atoms with Gasteiger partial charge in [-0.05, 0) is 208 Å². The number of carbonyl (C=O) groups is 2. The third kappa shape index (κ3) is 7.87. The van der Waals surface area contributed by atoms with Crippen molar-refractivity contribution in [2.75, 3.05) is 7.11 Å². The van der Waals surface area contributed by atoms with Gasteiger partial charge in [0.15, 0.2) is 0 Å². The summed E-state index contributed by atoms with van der Waals surface area (Å²) in [6.45, 7) is 14.4. The Morgan fingerprint density at radius 1 is 0.569 bits per heavy atom. The maximum absolute atomic E-state index is 11.2. The molecule has 0 aromatic rings. The molecule has 8 saturated carbocycles. The molecule has 20 atom stereocenters. The molecule has 0 aliphatic heterocycles. The highest BCUT2D eigenvalue weighted by Crippen LogP contribution is 2.70. The van der Waals surface area contributed by atoms with E-state index in [4.69, 9.17) is 20.0 Å². The monoisotopic (exact) mass is 815 g/mol. The van der Waals surface area contributed by atoms with Crippen LogP contribution in [0.15, 0.2) is 0 Å². The van der Waals surface area contributed by atoms with Gasteiger partial charge in [0.2, 0.25) is 0 Å². The van der Waals surface area contributed by atoms with Gasteiger partial charge in [-0.3, -0.25) is 9.59 Å². The Morgan fingerprint density at radius 2 is 0.983 bits per heavy atom. The average Bonchev–Trinajstić information content (AvgIpc) is 3.71. The number of hydrogen-bond donors (Lipinski definition) is 5.